The molecule has 1 N–H and O–H groups in total. The second-order valence-electron chi connectivity index (χ2n) is 5.03. The lowest BCUT2D eigenvalue weighted by Crippen LogP contribution is -2.33. The van der Waals surface area contributed by atoms with E-state index in [1.165, 1.54) is 11.6 Å². The second-order valence-corrected chi connectivity index (χ2v) is 5.90. The van der Waals surface area contributed by atoms with Crippen molar-refractivity contribution in [1.82, 2.24) is 5.32 Å². The van der Waals surface area contributed by atoms with Gasteiger partial charge in [-0.3, -0.25) is 0 Å². The van der Waals surface area contributed by atoms with Gasteiger partial charge in [-0.25, -0.2) is 4.39 Å². The molecule has 1 unspecified atom stereocenters. The van der Waals surface area contributed by atoms with Gasteiger partial charge in [-0.15, -0.1) is 0 Å². The number of rotatable bonds is 6. The molecule has 21 heavy (non-hydrogen) atoms. The molecule has 0 aliphatic heterocycles. The standard InChI is InChI=1S/C17H18Cl2FN/c1-2-21-16(9-12-3-5-14(18)6-4-12)11-13-10-15(19)7-8-17(13)20/h3-8,10,16,21H,2,9,11H2,1H3. The van der Waals surface area contributed by atoms with Crippen LogP contribution in [0.2, 0.25) is 10.0 Å². The third kappa shape index (κ3) is 4.99. The average molecular weight is 326 g/mol. The van der Waals surface area contributed by atoms with Crippen molar-refractivity contribution in [2.24, 2.45) is 0 Å². The summed E-state index contributed by atoms with van der Waals surface area (Å²) < 4.78 is 13.9. The van der Waals surface area contributed by atoms with E-state index in [-0.39, 0.29) is 11.9 Å². The van der Waals surface area contributed by atoms with Crippen molar-refractivity contribution >= 4 is 23.2 Å². The Labute approximate surface area is 135 Å². The van der Waals surface area contributed by atoms with Crippen LogP contribution in [-0.4, -0.2) is 12.6 Å². The number of halogens is 3. The van der Waals surface area contributed by atoms with Crippen molar-refractivity contribution in [3.05, 3.63) is 69.5 Å². The smallest absolute Gasteiger partial charge is 0.126 e. The molecule has 0 bridgehead atoms. The molecule has 112 valence electrons. The van der Waals surface area contributed by atoms with E-state index >= 15 is 0 Å². The lowest BCUT2D eigenvalue weighted by Gasteiger charge is -2.18. The molecule has 4 heteroatoms. The van der Waals surface area contributed by atoms with Crippen LogP contribution in [-0.2, 0) is 12.8 Å². The molecule has 0 amide bonds. The minimum absolute atomic E-state index is 0.157. The van der Waals surface area contributed by atoms with Crippen LogP contribution in [0.1, 0.15) is 18.1 Å². The van der Waals surface area contributed by atoms with Gasteiger partial charge in [0, 0.05) is 16.1 Å². The third-order valence-corrected chi connectivity index (χ3v) is 3.85. The van der Waals surface area contributed by atoms with Crippen LogP contribution in [0.15, 0.2) is 42.5 Å². The molecule has 2 rings (SSSR count). The van der Waals surface area contributed by atoms with E-state index in [1.54, 1.807) is 12.1 Å². The first-order valence-corrected chi connectivity index (χ1v) is 7.76. The highest BCUT2D eigenvalue weighted by Gasteiger charge is 2.13. The van der Waals surface area contributed by atoms with Crippen molar-refractivity contribution in [2.45, 2.75) is 25.8 Å². The first-order valence-electron chi connectivity index (χ1n) is 7.00. The first-order chi connectivity index (χ1) is 10.1. The van der Waals surface area contributed by atoms with Crippen LogP contribution in [0, 0.1) is 5.82 Å². The molecule has 0 aliphatic rings. The fourth-order valence-corrected chi connectivity index (χ4v) is 2.70. The van der Waals surface area contributed by atoms with Gasteiger partial charge in [0.2, 0.25) is 0 Å². The van der Waals surface area contributed by atoms with Crippen molar-refractivity contribution in [1.29, 1.82) is 0 Å². The fourth-order valence-electron chi connectivity index (χ4n) is 2.38. The van der Waals surface area contributed by atoms with Crippen LogP contribution in [0.4, 0.5) is 4.39 Å². The van der Waals surface area contributed by atoms with Gasteiger partial charge in [-0.2, -0.15) is 0 Å². The van der Waals surface area contributed by atoms with Crippen molar-refractivity contribution < 1.29 is 4.39 Å². The van der Waals surface area contributed by atoms with E-state index in [2.05, 4.69) is 5.32 Å². The molecular formula is C17H18Cl2FN. The molecule has 0 radical (unpaired) electrons. The van der Waals surface area contributed by atoms with Gasteiger partial charge in [-0.05, 0) is 60.8 Å². The Morgan fingerprint density at radius 1 is 1.00 bits per heavy atom. The minimum Gasteiger partial charge on any atom is -0.314 e. The van der Waals surface area contributed by atoms with E-state index < -0.39 is 0 Å². The van der Waals surface area contributed by atoms with Gasteiger partial charge in [0.15, 0.2) is 0 Å². The molecule has 0 heterocycles. The van der Waals surface area contributed by atoms with Crippen LogP contribution < -0.4 is 5.32 Å². The molecule has 2 aromatic carbocycles. The monoisotopic (exact) mass is 325 g/mol. The summed E-state index contributed by atoms with van der Waals surface area (Å²) in [6.45, 7) is 2.88. The van der Waals surface area contributed by atoms with E-state index in [1.807, 2.05) is 31.2 Å². The maximum absolute atomic E-state index is 13.9. The third-order valence-electron chi connectivity index (χ3n) is 3.36. The number of likely N-dealkylation sites (N-methyl/N-ethyl adjacent to an activating group) is 1. The number of benzene rings is 2. The Morgan fingerprint density at radius 2 is 1.67 bits per heavy atom. The number of hydrogen-bond acceptors (Lipinski definition) is 1. The van der Waals surface area contributed by atoms with Gasteiger partial charge in [0.1, 0.15) is 5.82 Å². The molecule has 2 aromatic rings. The van der Waals surface area contributed by atoms with Crippen molar-refractivity contribution in [3.63, 3.8) is 0 Å². The number of nitrogens with one attached hydrogen (secondary N) is 1. The Kier molecular flexibility index (Phi) is 6.04. The maximum atomic E-state index is 13.9. The predicted octanol–water partition coefficient (Wildman–Crippen LogP) is 4.90. The van der Waals surface area contributed by atoms with Crippen LogP contribution in [0.5, 0.6) is 0 Å². The summed E-state index contributed by atoms with van der Waals surface area (Å²) in [6.07, 6.45) is 1.42. The average Bonchev–Trinajstić information content (AvgIpc) is 2.45. The molecule has 0 aromatic heterocycles. The zero-order valence-corrected chi connectivity index (χ0v) is 13.4. The van der Waals surface area contributed by atoms with Crippen LogP contribution in [0.3, 0.4) is 0 Å². The molecule has 0 spiro atoms. The van der Waals surface area contributed by atoms with Gasteiger partial charge >= 0.3 is 0 Å². The Hall–Kier alpha value is -1.09. The summed E-state index contributed by atoms with van der Waals surface area (Å²) in [7, 11) is 0. The molecular weight excluding hydrogens is 308 g/mol. The topological polar surface area (TPSA) is 12.0 Å². The summed E-state index contributed by atoms with van der Waals surface area (Å²) in [5, 5.41) is 4.68. The Bertz CT molecular complexity index is 584. The lowest BCUT2D eigenvalue weighted by molar-refractivity contribution is 0.506. The normalized spacial score (nSPS) is 12.4. The molecule has 1 atom stereocenters. The highest BCUT2D eigenvalue weighted by molar-refractivity contribution is 6.30. The summed E-state index contributed by atoms with van der Waals surface area (Å²) >= 11 is 11.9. The number of hydrogen-bond donors (Lipinski definition) is 1. The van der Waals surface area contributed by atoms with Gasteiger partial charge in [0.25, 0.3) is 0 Å². The van der Waals surface area contributed by atoms with Gasteiger partial charge < -0.3 is 5.32 Å². The van der Waals surface area contributed by atoms with Crippen molar-refractivity contribution in [3.8, 4) is 0 Å². The van der Waals surface area contributed by atoms with Gasteiger partial charge in [-0.1, -0.05) is 42.3 Å². The lowest BCUT2D eigenvalue weighted by atomic mass is 9.98. The summed E-state index contributed by atoms with van der Waals surface area (Å²) in [5.41, 5.74) is 1.81. The van der Waals surface area contributed by atoms with Crippen LogP contribution in [0.25, 0.3) is 0 Å². The van der Waals surface area contributed by atoms with Gasteiger partial charge in [0.05, 0.1) is 0 Å². The first kappa shape index (κ1) is 16.3. The van der Waals surface area contributed by atoms with Crippen LogP contribution >= 0.6 is 23.2 Å². The van der Waals surface area contributed by atoms with Crippen molar-refractivity contribution in [2.75, 3.05) is 6.54 Å². The quantitative estimate of drug-likeness (QED) is 0.796. The van der Waals surface area contributed by atoms with E-state index in [0.29, 0.717) is 17.0 Å². The fraction of sp³-hybridized carbons (Fsp3) is 0.294. The summed E-state index contributed by atoms with van der Waals surface area (Å²) in [4.78, 5) is 0. The highest BCUT2D eigenvalue weighted by atomic mass is 35.5. The molecule has 1 nitrogen and oxygen atoms in total. The van der Waals surface area contributed by atoms with E-state index in [0.717, 1.165) is 18.0 Å². The zero-order chi connectivity index (χ0) is 15.2. The largest absolute Gasteiger partial charge is 0.314 e. The second kappa shape index (κ2) is 7.79. The molecule has 0 saturated heterocycles. The maximum Gasteiger partial charge on any atom is 0.126 e. The summed E-state index contributed by atoms with van der Waals surface area (Å²) in [6, 6.07) is 12.6. The molecule has 0 fully saturated rings. The predicted molar refractivity (Wildman–Crippen MR) is 87.7 cm³/mol. The SMILES string of the molecule is CCNC(Cc1ccc(Cl)cc1)Cc1cc(Cl)ccc1F. The Morgan fingerprint density at radius 3 is 2.33 bits per heavy atom. The van der Waals surface area contributed by atoms with E-state index in [9.17, 15) is 4.39 Å². The zero-order valence-electron chi connectivity index (χ0n) is 11.9. The Balaban J connectivity index is 2.11. The summed E-state index contributed by atoms with van der Waals surface area (Å²) in [5.74, 6) is -0.210. The molecule has 0 saturated carbocycles. The highest BCUT2D eigenvalue weighted by Crippen LogP contribution is 2.18. The van der Waals surface area contributed by atoms with E-state index in [4.69, 9.17) is 23.2 Å². The minimum atomic E-state index is -0.210. The molecule has 0 aliphatic carbocycles.